The fourth-order valence-corrected chi connectivity index (χ4v) is 8.81. The van der Waals surface area contributed by atoms with Crippen LogP contribution in [0.3, 0.4) is 0 Å². The van der Waals surface area contributed by atoms with Crippen molar-refractivity contribution in [3.05, 3.63) is 11.6 Å². The van der Waals surface area contributed by atoms with Crippen molar-refractivity contribution in [3.63, 3.8) is 0 Å². The normalized spacial score (nSPS) is 46.7. The summed E-state index contributed by atoms with van der Waals surface area (Å²) in [6, 6.07) is 0. The Bertz CT molecular complexity index is 659. The van der Waals surface area contributed by atoms with E-state index in [2.05, 4.69) is 46.1 Å². The average molecular weight is 418 g/mol. The quantitative estimate of drug-likeness (QED) is 0.503. The fraction of sp³-hybridized carbons (Fsp3) is 0.926. The third-order valence-electron chi connectivity index (χ3n) is 10.6. The first kappa shape index (κ1) is 22.8. The van der Waals surface area contributed by atoms with Crippen molar-refractivity contribution in [2.24, 2.45) is 34.5 Å². The van der Waals surface area contributed by atoms with Crippen LogP contribution in [0.2, 0.25) is 0 Å². The van der Waals surface area contributed by atoms with Crippen molar-refractivity contribution in [1.82, 2.24) is 5.32 Å². The summed E-state index contributed by atoms with van der Waals surface area (Å²) in [4.78, 5) is 0. The van der Waals surface area contributed by atoms with Crippen LogP contribution in [0.4, 0.5) is 0 Å². The molecule has 3 N–H and O–H groups in total. The molecule has 3 saturated carbocycles. The highest BCUT2D eigenvalue weighted by Crippen LogP contribution is 2.67. The molecule has 0 aromatic carbocycles. The molecule has 3 heteroatoms. The van der Waals surface area contributed by atoms with E-state index in [0.717, 1.165) is 50.4 Å². The van der Waals surface area contributed by atoms with Gasteiger partial charge in [-0.05, 0) is 99.3 Å². The molecule has 8 atom stereocenters. The summed E-state index contributed by atoms with van der Waals surface area (Å²) in [5.41, 5.74) is 1.89. The number of aliphatic hydroxyl groups is 2. The molecule has 0 bridgehead atoms. The second kappa shape index (κ2) is 8.19. The monoisotopic (exact) mass is 417 g/mol. The van der Waals surface area contributed by atoms with Crippen LogP contribution in [0.1, 0.15) is 98.3 Å². The molecule has 3 fully saturated rings. The van der Waals surface area contributed by atoms with Gasteiger partial charge < -0.3 is 15.5 Å². The van der Waals surface area contributed by atoms with Crippen LogP contribution in [0.25, 0.3) is 0 Å². The molecule has 0 aromatic heterocycles. The summed E-state index contributed by atoms with van der Waals surface area (Å²) in [6.07, 6.45) is 14.5. The van der Waals surface area contributed by atoms with E-state index < -0.39 is 0 Å². The lowest BCUT2D eigenvalue weighted by Gasteiger charge is -2.60. The third-order valence-corrected chi connectivity index (χ3v) is 10.6. The Morgan fingerprint density at radius 3 is 2.50 bits per heavy atom. The molecule has 0 spiro atoms. The van der Waals surface area contributed by atoms with Crippen molar-refractivity contribution >= 4 is 0 Å². The Morgan fingerprint density at radius 2 is 1.80 bits per heavy atom. The van der Waals surface area contributed by atoms with Gasteiger partial charge in [0, 0.05) is 5.54 Å². The molecule has 4 aliphatic carbocycles. The first-order chi connectivity index (χ1) is 14.2. The number of fused-ring (bicyclic) bond motifs is 5. The van der Waals surface area contributed by atoms with E-state index in [9.17, 15) is 10.2 Å². The zero-order valence-electron chi connectivity index (χ0n) is 20.2. The molecule has 4 rings (SSSR count). The summed E-state index contributed by atoms with van der Waals surface area (Å²) >= 11 is 0. The van der Waals surface area contributed by atoms with Gasteiger partial charge in [-0.2, -0.15) is 0 Å². The second-order valence-corrected chi connectivity index (χ2v) is 12.2. The van der Waals surface area contributed by atoms with E-state index in [1.54, 1.807) is 5.57 Å². The molecule has 0 heterocycles. The van der Waals surface area contributed by atoms with E-state index in [1.165, 1.54) is 32.1 Å². The topological polar surface area (TPSA) is 52.5 Å². The zero-order chi connectivity index (χ0) is 21.7. The number of hydrogen-bond acceptors (Lipinski definition) is 3. The average Bonchev–Trinajstić information content (AvgIpc) is 3.01. The third kappa shape index (κ3) is 3.33. The molecule has 3 nitrogen and oxygen atoms in total. The van der Waals surface area contributed by atoms with Gasteiger partial charge in [-0.3, -0.25) is 0 Å². The maximum atomic E-state index is 11.5. The maximum Gasteiger partial charge on any atom is 0.0727 e. The molecule has 30 heavy (non-hydrogen) atoms. The number of rotatable bonds is 6. The van der Waals surface area contributed by atoms with Crippen LogP contribution in [-0.4, -0.2) is 35.0 Å². The Labute approximate surface area is 185 Å². The van der Waals surface area contributed by atoms with Gasteiger partial charge in [0.2, 0.25) is 0 Å². The van der Waals surface area contributed by atoms with Crippen molar-refractivity contribution in [1.29, 1.82) is 0 Å². The molecule has 0 radical (unpaired) electrons. The molecular formula is C27H47NO2. The van der Waals surface area contributed by atoms with Gasteiger partial charge in [-0.1, -0.05) is 52.2 Å². The number of aliphatic hydroxyl groups excluding tert-OH is 2. The highest BCUT2D eigenvalue weighted by molar-refractivity contribution is 5.27. The van der Waals surface area contributed by atoms with Crippen LogP contribution < -0.4 is 5.32 Å². The van der Waals surface area contributed by atoms with Crippen molar-refractivity contribution < 1.29 is 10.2 Å². The summed E-state index contributed by atoms with van der Waals surface area (Å²) < 4.78 is 0. The Balaban J connectivity index is 1.57. The smallest absolute Gasteiger partial charge is 0.0727 e. The van der Waals surface area contributed by atoms with Crippen molar-refractivity contribution in [2.45, 2.75) is 116 Å². The van der Waals surface area contributed by atoms with E-state index in [-0.39, 0.29) is 23.2 Å². The minimum absolute atomic E-state index is 0.126. The van der Waals surface area contributed by atoms with Crippen molar-refractivity contribution in [2.75, 3.05) is 7.05 Å². The van der Waals surface area contributed by atoms with Crippen LogP contribution in [0.15, 0.2) is 11.6 Å². The van der Waals surface area contributed by atoms with Gasteiger partial charge in [-0.25, -0.2) is 0 Å². The summed E-state index contributed by atoms with van der Waals surface area (Å²) in [5.74, 6) is 2.91. The lowest BCUT2D eigenvalue weighted by molar-refractivity contribution is -0.0928. The van der Waals surface area contributed by atoms with E-state index in [1.807, 2.05) is 0 Å². The Hall–Kier alpha value is -0.380. The Kier molecular flexibility index (Phi) is 6.23. The SMILES string of the molecule is CN[C@]1([C@H](O)CCCC(C)C)CC[C@H]2[C@@H]3CC=C4C[C@@H](O)CC[C@]4(C)[C@H]3CC[C@@]21C. The molecule has 0 aliphatic heterocycles. The van der Waals surface area contributed by atoms with Crippen LogP contribution in [0, 0.1) is 34.5 Å². The lowest BCUT2D eigenvalue weighted by atomic mass is 9.46. The molecule has 172 valence electrons. The summed E-state index contributed by atoms with van der Waals surface area (Å²) in [6.45, 7) is 9.58. The molecule has 4 aliphatic rings. The standard InChI is InChI=1S/C27H47NO2/c1-18(2)7-6-8-24(30)27(28-5)16-13-23-21-10-9-19-17-20(29)11-14-25(19,3)22(21)12-15-26(23,27)4/h9,18,20-24,28-30H,6-8,10-17H2,1-5H3/t20-,21+,22-,23-,24+,25-,26-,27-/m0/s1. The van der Waals surface area contributed by atoms with E-state index >= 15 is 0 Å². The Morgan fingerprint density at radius 1 is 1.07 bits per heavy atom. The molecule has 0 unspecified atom stereocenters. The highest BCUT2D eigenvalue weighted by Gasteiger charge is 2.65. The molecular weight excluding hydrogens is 370 g/mol. The van der Waals surface area contributed by atoms with E-state index in [4.69, 9.17) is 0 Å². The number of nitrogens with one attached hydrogen (secondary N) is 1. The molecule has 0 amide bonds. The van der Waals surface area contributed by atoms with Crippen LogP contribution in [-0.2, 0) is 0 Å². The van der Waals surface area contributed by atoms with Gasteiger partial charge in [0.25, 0.3) is 0 Å². The summed E-state index contributed by atoms with van der Waals surface area (Å²) in [7, 11) is 2.11. The first-order valence-electron chi connectivity index (χ1n) is 12.9. The van der Waals surface area contributed by atoms with Crippen LogP contribution in [0.5, 0.6) is 0 Å². The number of hydrogen-bond donors (Lipinski definition) is 3. The van der Waals surface area contributed by atoms with Gasteiger partial charge >= 0.3 is 0 Å². The zero-order valence-corrected chi connectivity index (χ0v) is 20.2. The van der Waals surface area contributed by atoms with Crippen LogP contribution >= 0.6 is 0 Å². The predicted molar refractivity (Wildman–Crippen MR) is 124 cm³/mol. The van der Waals surface area contributed by atoms with Gasteiger partial charge in [-0.15, -0.1) is 0 Å². The maximum absolute atomic E-state index is 11.5. The van der Waals surface area contributed by atoms with Gasteiger partial charge in [0.05, 0.1) is 12.2 Å². The molecule has 0 saturated heterocycles. The molecule has 0 aromatic rings. The number of allylic oxidation sites excluding steroid dienone is 1. The first-order valence-corrected chi connectivity index (χ1v) is 12.9. The van der Waals surface area contributed by atoms with Gasteiger partial charge in [0.1, 0.15) is 0 Å². The van der Waals surface area contributed by atoms with E-state index in [0.29, 0.717) is 17.3 Å². The summed E-state index contributed by atoms with van der Waals surface area (Å²) in [5, 5.41) is 25.4. The lowest BCUT2D eigenvalue weighted by Crippen LogP contribution is -2.64. The minimum Gasteiger partial charge on any atom is -0.393 e. The fourth-order valence-electron chi connectivity index (χ4n) is 8.81. The van der Waals surface area contributed by atoms with Gasteiger partial charge in [0.15, 0.2) is 0 Å². The highest BCUT2D eigenvalue weighted by atomic mass is 16.3. The predicted octanol–water partition coefficient (Wildman–Crippen LogP) is 5.46. The number of likely N-dealkylation sites (N-methyl/N-ethyl adjacent to an activating group) is 1. The second-order valence-electron chi connectivity index (χ2n) is 12.2. The van der Waals surface area contributed by atoms with Crippen molar-refractivity contribution in [3.8, 4) is 0 Å². The largest absolute Gasteiger partial charge is 0.393 e. The minimum atomic E-state index is -0.247.